The van der Waals surface area contributed by atoms with Crippen LogP contribution in [-0.2, 0) is 4.79 Å². The molecule has 0 aliphatic carbocycles. The maximum absolute atomic E-state index is 11.5. The molecule has 1 saturated heterocycles. The number of hydrogen-bond donors (Lipinski definition) is 1. The summed E-state index contributed by atoms with van der Waals surface area (Å²) in [5.74, 6) is 1.29. The summed E-state index contributed by atoms with van der Waals surface area (Å²) in [6.45, 7) is 1.92. The smallest absolute Gasteiger partial charge is 0.222 e. The van der Waals surface area contributed by atoms with Crippen LogP contribution in [0.25, 0.3) is 0 Å². The van der Waals surface area contributed by atoms with Gasteiger partial charge in [-0.05, 0) is 31.4 Å². The first-order chi connectivity index (χ1) is 6.34. The summed E-state index contributed by atoms with van der Waals surface area (Å²) < 4.78 is 0. The van der Waals surface area contributed by atoms with E-state index in [1.54, 1.807) is 0 Å². The highest BCUT2D eigenvalue weighted by Gasteiger charge is 2.15. The van der Waals surface area contributed by atoms with E-state index in [9.17, 15) is 4.79 Å². The molecule has 0 aromatic heterocycles. The molecule has 0 saturated carbocycles. The van der Waals surface area contributed by atoms with Crippen molar-refractivity contribution in [3.05, 3.63) is 0 Å². The Bertz CT molecular complexity index is 161. The van der Waals surface area contributed by atoms with Crippen LogP contribution in [0.15, 0.2) is 0 Å². The zero-order valence-corrected chi connectivity index (χ0v) is 9.06. The van der Waals surface area contributed by atoms with Gasteiger partial charge in [0, 0.05) is 19.5 Å². The van der Waals surface area contributed by atoms with Crippen molar-refractivity contribution in [2.24, 2.45) is 0 Å². The summed E-state index contributed by atoms with van der Waals surface area (Å²) in [6.07, 6.45) is 6.48. The zero-order valence-electron chi connectivity index (χ0n) is 8.17. The third kappa shape index (κ3) is 4.03. The summed E-state index contributed by atoms with van der Waals surface area (Å²) in [4.78, 5) is 13.5. The predicted octanol–water partition coefficient (Wildman–Crippen LogP) is 2.10. The Balaban J connectivity index is 2.24. The van der Waals surface area contributed by atoms with Crippen LogP contribution in [0.5, 0.6) is 0 Å². The van der Waals surface area contributed by atoms with Gasteiger partial charge in [0.15, 0.2) is 0 Å². The molecule has 2 nitrogen and oxygen atoms in total. The van der Waals surface area contributed by atoms with E-state index in [-0.39, 0.29) is 0 Å². The summed E-state index contributed by atoms with van der Waals surface area (Å²) in [7, 11) is 0. The standard InChI is InChI=1S/C10H19NOS/c12-10-6-2-1-3-7-11(10)8-4-5-9-13/h13H,1-9H2. The van der Waals surface area contributed by atoms with Gasteiger partial charge in [0.2, 0.25) is 5.91 Å². The molecule has 0 bridgehead atoms. The third-order valence-corrected chi connectivity index (χ3v) is 2.82. The first-order valence-corrected chi connectivity index (χ1v) is 5.86. The first kappa shape index (κ1) is 10.9. The van der Waals surface area contributed by atoms with Crippen LogP contribution in [0, 0.1) is 0 Å². The lowest BCUT2D eigenvalue weighted by Gasteiger charge is -2.19. The van der Waals surface area contributed by atoms with E-state index in [4.69, 9.17) is 0 Å². The molecule has 0 aromatic rings. The molecule has 3 heteroatoms. The van der Waals surface area contributed by atoms with Gasteiger partial charge >= 0.3 is 0 Å². The number of amides is 1. The van der Waals surface area contributed by atoms with E-state index in [0.717, 1.165) is 44.5 Å². The van der Waals surface area contributed by atoms with Crippen molar-refractivity contribution in [1.82, 2.24) is 4.90 Å². The number of unbranched alkanes of at least 4 members (excludes halogenated alkanes) is 1. The fourth-order valence-corrected chi connectivity index (χ4v) is 1.91. The molecule has 0 N–H and O–H groups in total. The minimum Gasteiger partial charge on any atom is -0.343 e. The van der Waals surface area contributed by atoms with Crippen LogP contribution in [0.4, 0.5) is 0 Å². The fraction of sp³-hybridized carbons (Fsp3) is 0.900. The Morgan fingerprint density at radius 3 is 2.85 bits per heavy atom. The Morgan fingerprint density at radius 2 is 2.08 bits per heavy atom. The van der Waals surface area contributed by atoms with Crippen LogP contribution < -0.4 is 0 Å². The molecule has 0 spiro atoms. The van der Waals surface area contributed by atoms with E-state index in [1.807, 2.05) is 4.90 Å². The van der Waals surface area contributed by atoms with Crippen LogP contribution in [0.2, 0.25) is 0 Å². The SMILES string of the molecule is O=C1CCCCCN1CCCCS. The van der Waals surface area contributed by atoms with E-state index in [0.29, 0.717) is 5.91 Å². The van der Waals surface area contributed by atoms with Gasteiger partial charge in [-0.25, -0.2) is 0 Å². The van der Waals surface area contributed by atoms with Crippen LogP contribution in [0.3, 0.4) is 0 Å². The molecule has 0 aromatic carbocycles. The van der Waals surface area contributed by atoms with E-state index in [1.165, 1.54) is 12.8 Å². The number of hydrogen-bond acceptors (Lipinski definition) is 2. The van der Waals surface area contributed by atoms with Crippen LogP contribution in [0.1, 0.15) is 38.5 Å². The van der Waals surface area contributed by atoms with Crippen molar-refractivity contribution in [3.8, 4) is 0 Å². The fourth-order valence-electron chi connectivity index (χ4n) is 1.69. The molecule has 1 aliphatic heterocycles. The van der Waals surface area contributed by atoms with Gasteiger partial charge in [-0.1, -0.05) is 6.42 Å². The highest BCUT2D eigenvalue weighted by atomic mass is 32.1. The molecule has 0 atom stereocenters. The van der Waals surface area contributed by atoms with Crippen molar-refractivity contribution >= 4 is 18.5 Å². The average molecular weight is 201 g/mol. The van der Waals surface area contributed by atoms with Gasteiger partial charge in [0.25, 0.3) is 0 Å². The molecule has 1 amide bonds. The van der Waals surface area contributed by atoms with Crippen molar-refractivity contribution in [1.29, 1.82) is 0 Å². The lowest BCUT2D eigenvalue weighted by atomic mass is 10.2. The van der Waals surface area contributed by atoms with Crippen LogP contribution >= 0.6 is 12.6 Å². The average Bonchev–Trinajstić information content (AvgIpc) is 2.32. The quantitative estimate of drug-likeness (QED) is 0.545. The lowest BCUT2D eigenvalue weighted by Crippen LogP contribution is -2.31. The summed E-state index contributed by atoms with van der Waals surface area (Å²) >= 11 is 4.16. The molecule has 13 heavy (non-hydrogen) atoms. The normalized spacial score (nSPS) is 18.8. The number of nitrogens with zero attached hydrogens (tertiary/aromatic N) is 1. The number of rotatable bonds is 4. The number of carbonyl (C=O) groups is 1. The van der Waals surface area contributed by atoms with Crippen molar-refractivity contribution in [2.45, 2.75) is 38.5 Å². The Kier molecular flexibility index (Phi) is 5.28. The number of likely N-dealkylation sites (tertiary alicyclic amines) is 1. The zero-order chi connectivity index (χ0) is 9.52. The molecule has 1 heterocycles. The number of carbonyl (C=O) groups excluding carboxylic acids is 1. The first-order valence-electron chi connectivity index (χ1n) is 5.23. The van der Waals surface area contributed by atoms with Gasteiger partial charge in [0.05, 0.1) is 0 Å². The Morgan fingerprint density at radius 1 is 1.23 bits per heavy atom. The number of thiol groups is 1. The van der Waals surface area contributed by atoms with Crippen molar-refractivity contribution < 1.29 is 4.79 Å². The van der Waals surface area contributed by atoms with Crippen molar-refractivity contribution in [3.63, 3.8) is 0 Å². The summed E-state index contributed by atoms with van der Waals surface area (Å²) in [5.41, 5.74) is 0. The summed E-state index contributed by atoms with van der Waals surface area (Å²) in [6, 6.07) is 0. The second kappa shape index (κ2) is 6.30. The second-order valence-corrected chi connectivity index (χ2v) is 4.07. The van der Waals surface area contributed by atoms with Gasteiger partial charge in [-0.15, -0.1) is 0 Å². The molecule has 1 rings (SSSR count). The third-order valence-electron chi connectivity index (χ3n) is 2.51. The molecule has 1 aliphatic rings. The highest BCUT2D eigenvalue weighted by Crippen LogP contribution is 2.11. The minimum absolute atomic E-state index is 0.358. The summed E-state index contributed by atoms with van der Waals surface area (Å²) in [5, 5.41) is 0. The minimum atomic E-state index is 0.358. The molecule has 0 unspecified atom stereocenters. The van der Waals surface area contributed by atoms with Gasteiger partial charge < -0.3 is 4.90 Å². The van der Waals surface area contributed by atoms with E-state index >= 15 is 0 Å². The Labute approximate surface area is 86.1 Å². The molecule has 0 radical (unpaired) electrons. The molecular formula is C10H19NOS. The molecular weight excluding hydrogens is 182 g/mol. The maximum atomic E-state index is 11.5. The Hall–Kier alpha value is -0.180. The van der Waals surface area contributed by atoms with Crippen LogP contribution in [-0.4, -0.2) is 29.6 Å². The lowest BCUT2D eigenvalue weighted by molar-refractivity contribution is -0.130. The topological polar surface area (TPSA) is 20.3 Å². The maximum Gasteiger partial charge on any atom is 0.222 e. The van der Waals surface area contributed by atoms with E-state index in [2.05, 4.69) is 12.6 Å². The van der Waals surface area contributed by atoms with Crippen molar-refractivity contribution in [2.75, 3.05) is 18.8 Å². The molecule has 1 fully saturated rings. The predicted molar refractivity (Wildman–Crippen MR) is 58.1 cm³/mol. The van der Waals surface area contributed by atoms with Gasteiger partial charge in [0.1, 0.15) is 0 Å². The highest BCUT2D eigenvalue weighted by molar-refractivity contribution is 7.80. The monoisotopic (exact) mass is 201 g/mol. The van der Waals surface area contributed by atoms with Gasteiger partial charge in [-0.2, -0.15) is 12.6 Å². The molecule has 76 valence electrons. The largest absolute Gasteiger partial charge is 0.343 e. The van der Waals surface area contributed by atoms with Gasteiger partial charge in [-0.3, -0.25) is 4.79 Å². The van der Waals surface area contributed by atoms with E-state index < -0.39 is 0 Å². The second-order valence-electron chi connectivity index (χ2n) is 3.62.